The Balaban J connectivity index is 1.63. The molecule has 0 heterocycles. The first-order chi connectivity index (χ1) is 12.7. The summed E-state index contributed by atoms with van der Waals surface area (Å²) in [5.41, 5.74) is 1.10. The second-order valence-corrected chi connectivity index (χ2v) is 7.45. The fourth-order valence-corrected chi connectivity index (χ4v) is 4.72. The van der Waals surface area contributed by atoms with Crippen LogP contribution < -0.4 is 4.74 Å². The molecule has 1 aromatic carbocycles. The van der Waals surface area contributed by atoms with Gasteiger partial charge in [0.2, 0.25) is 0 Å². The molecule has 4 heteroatoms. The van der Waals surface area contributed by atoms with Crippen LogP contribution in [0.1, 0.15) is 31.7 Å². The molecule has 0 aromatic heterocycles. The Kier molecular flexibility index (Phi) is 6.36. The molecule has 1 aromatic rings. The highest BCUT2D eigenvalue weighted by Gasteiger charge is 2.46. The van der Waals surface area contributed by atoms with Gasteiger partial charge < -0.3 is 14.2 Å². The molecular weight excluding hydrogens is 328 g/mol. The van der Waals surface area contributed by atoms with E-state index in [0.29, 0.717) is 31.0 Å². The molecule has 142 valence electrons. The average Bonchev–Trinajstić information content (AvgIpc) is 3.10. The van der Waals surface area contributed by atoms with Gasteiger partial charge in [-0.25, -0.2) is 0 Å². The number of methoxy groups -OCH3 is 2. The monoisotopic (exact) mass is 358 g/mol. The predicted molar refractivity (Wildman–Crippen MR) is 101 cm³/mol. The summed E-state index contributed by atoms with van der Waals surface area (Å²) in [6.45, 7) is 3.33. The Labute approximate surface area is 156 Å². The normalized spacial score (nSPS) is 30.0. The van der Waals surface area contributed by atoms with E-state index in [9.17, 15) is 4.79 Å². The molecule has 4 nitrogen and oxygen atoms in total. The lowest BCUT2D eigenvalue weighted by atomic mass is 9.70. The first kappa shape index (κ1) is 19.0. The molecule has 0 spiro atoms. The fraction of sp³-hybridized carbons (Fsp3) is 0.591. The molecule has 5 atom stereocenters. The van der Waals surface area contributed by atoms with Crippen molar-refractivity contribution >= 4 is 5.97 Å². The third-order valence-electron chi connectivity index (χ3n) is 6.15. The summed E-state index contributed by atoms with van der Waals surface area (Å²) in [4.78, 5) is 12.5. The van der Waals surface area contributed by atoms with Gasteiger partial charge in [-0.15, -0.1) is 0 Å². The molecule has 1 saturated carbocycles. The zero-order valence-corrected chi connectivity index (χ0v) is 16.0. The first-order valence-corrected chi connectivity index (χ1v) is 9.64. The van der Waals surface area contributed by atoms with E-state index >= 15 is 0 Å². The van der Waals surface area contributed by atoms with E-state index in [0.717, 1.165) is 17.7 Å². The minimum Gasteiger partial charge on any atom is -0.497 e. The maximum Gasteiger partial charge on any atom is 0.309 e. The van der Waals surface area contributed by atoms with Crippen molar-refractivity contribution < 1.29 is 19.0 Å². The second-order valence-electron chi connectivity index (χ2n) is 7.45. The van der Waals surface area contributed by atoms with Gasteiger partial charge in [0, 0.05) is 5.92 Å². The largest absolute Gasteiger partial charge is 0.497 e. The van der Waals surface area contributed by atoms with Crippen molar-refractivity contribution in [2.24, 2.45) is 29.6 Å². The molecule has 0 N–H and O–H groups in total. The number of benzene rings is 1. The summed E-state index contributed by atoms with van der Waals surface area (Å²) >= 11 is 0. The Morgan fingerprint density at radius 3 is 2.54 bits per heavy atom. The highest BCUT2D eigenvalue weighted by Crippen LogP contribution is 2.49. The zero-order chi connectivity index (χ0) is 18.5. The van der Waals surface area contributed by atoms with Gasteiger partial charge in [0.15, 0.2) is 0 Å². The van der Waals surface area contributed by atoms with Gasteiger partial charge >= 0.3 is 5.97 Å². The van der Waals surface area contributed by atoms with Crippen molar-refractivity contribution in [1.29, 1.82) is 0 Å². The molecule has 0 amide bonds. The lowest BCUT2D eigenvalue weighted by Crippen LogP contribution is -2.38. The average molecular weight is 358 g/mol. The van der Waals surface area contributed by atoms with E-state index in [1.54, 1.807) is 7.11 Å². The van der Waals surface area contributed by atoms with Crippen LogP contribution in [0.25, 0.3) is 0 Å². The number of carbonyl (C=O) groups is 1. The van der Waals surface area contributed by atoms with Gasteiger partial charge in [-0.05, 0) is 48.3 Å². The van der Waals surface area contributed by atoms with Crippen molar-refractivity contribution in [1.82, 2.24) is 0 Å². The minimum atomic E-state index is -0.0841. The molecular formula is C22H30O4. The number of esters is 1. The lowest BCUT2D eigenvalue weighted by molar-refractivity contribution is -0.151. The van der Waals surface area contributed by atoms with E-state index in [1.807, 2.05) is 24.3 Å². The van der Waals surface area contributed by atoms with Crippen LogP contribution in [0.15, 0.2) is 36.4 Å². The van der Waals surface area contributed by atoms with Crippen LogP contribution in [-0.4, -0.2) is 26.8 Å². The highest BCUT2D eigenvalue weighted by atomic mass is 16.5. The Bertz CT molecular complexity index is 622. The maximum atomic E-state index is 12.5. The van der Waals surface area contributed by atoms with E-state index in [1.165, 1.54) is 20.0 Å². The number of hydrogen-bond donors (Lipinski definition) is 0. The third-order valence-corrected chi connectivity index (χ3v) is 6.15. The standard InChI is InChI=1S/C22H30O4/c1-4-16-7-12-20-19(16)11-8-17(21(20)22(23)25-3)14-26-13-15-5-9-18(24-2)10-6-15/h5-6,8-11,16-17,19-21H,4,7,12-14H2,1-3H3. The quantitative estimate of drug-likeness (QED) is 0.540. The maximum absolute atomic E-state index is 12.5. The Hall–Kier alpha value is -1.81. The molecule has 0 radical (unpaired) electrons. The van der Waals surface area contributed by atoms with Gasteiger partial charge in [-0.1, -0.05) is 37.6 Å². The van der Waals surface area contributed by atoms with Gasteiger partial charge in [0.05, 0.1) is 33.4 Å². The van der Waals surface area contributed by atoms with Crippen LogP contribution in [0.2, 0.25) is 0 Å². The molecule has 2 aliphatic carbocycles. The Morgan fingerprint density at radius 1 is 1.12 bits per heavy atom. The van der Waals surface area contributed by atoms with E-state index < -0.39 is 0 Å². The molecule has 2 aliphatic rings. The molecule has 26 heavy (non-hydrogen) atoms. The molecule has 1 fully saturated rings. The van der Waals surface area contributed by atoms with Crippen LogP contribution in [-0.2, 0) is 20.9 Å². The minimum absolute atomic E-state index is 0.0811. The smallest absolute Gasteiger partial charge is 0.309 e. The van der Waals surface area contributed by atoms with Crippen molar-refractivity contribution in [3.8, 4) is 5.75 Å². The third kappa shape index (κ3) is 3.96. The molecule has 0 bridgehead atoms. The van der Waals surface area contributed by atoms with E-state index in [-0.39, 0.29) is 17.8 Å². The van der Waals surface area contributed by atoms with Crippen molar-refractivity contribution in [3.63, 3.8) is 0 Å². The zero-order valence-electron chi connectivity index (χ0n) is 16.0. The number of allylic oxidation sites excluding steroid dienone is 1. The summed E-state index contributed by atoms with van der Waals surface area (Å²) in [5, 5.41) is 0. The second kappa shape index (κ2) is 8.72. The SMILES string of the molecule is CCC1CCC2C1C=CC(COCc1ccc(OC)cc1)C2C(=O)OC. The summed E-state index contributed by atoms with van der Waals surface area (Å²) in [6, 6.07) is 7.88. The van der Waals surface area contributed by atoms with Crippen molar-refractivity contribution in [2.75, 3.05) is 20.8 Å². The molecule has 5 unspecified atom stereocenters. The van der Waals surface area contributed by atoms with Crippen LogP contribution >= 0.6 is 0 Å². The Morgan fingerprint density at radius 2 is 1.88 bits per heavy atom. The van der Waals surface area contributed by atoms with Crippen LogP contribution in [0, 0.1) is 29.6 Å². The lowest BCUT2D eigenvalue weighted by Gasteiger charge is -2.35. The highest BCUT2D eigenvalue weighted by molar-refractivity contribution is 5.74. The van der Waals surface area contributed by atoms with E-state index in [2.05, 4.69) is 19.1 Å². The van der Waals surface area contributed by atoms with Crippen LogP contribution in [0.4, 0.5) is 0 Å². The van der Waals surface area contributed by atoms with Gasteiger partial charge in [0.25, 0.3) is 0 Å². The summed E-state index contributed by atoms with van der Waals surface area (Å²) < 4.78 is 16.3. The van der Waals surface area contributed by atoms with Crippen molar-refractivity contribution in [3.05, 3.63) is 42.0 Å². The fourth-order valence-electron chi connectivity index (χ4n) is 4.72. The molecule has 3 rings (SSSR count). The topological polar surface area (TPSA) is 44.8 Å². The number of fused-ring (bicyclic) bond motifs is 1. The van der Waals surface area contributed by atoms with Gasteiger partial charge in [-0.3, -0.25) is 4.79 Å². The van der Waals surface area contributed by atoms with E-state index in [4.69, 9.17) is 14.2 Å². The molecule has 0 saturated heterocycles. The summed E-state index contributed by atoms with van der Waals surface area (Å²) in [6.07, 6.45) is 8.04. The van der Waals surface area contributed by atoms with Crippen molar-refractivity contribution in [2.45, 2.75) is 32.8 Å². The van der Waals surface area contributed by atoms with Crippen LogP contribution in [0.3, 0.4) is 0 Å². The summed E-state index contributed by atoms with van der Waals surface area (Å²) in [5.74, 6) is 2.38. The van der Waals surface area contributed by atoms with Crippen LogP contribution in [0.5, 0.6) is 5.75 Å². The van der Waals surface area contributed by atoms with Gasteiger partial charge in [-0.2, -0.15) is 0 Å². The predicted octanol–water partition coefficient (Wildman–Crippen LogP) is 4.24. The number of rotatable bonds is 7. The van der Waals surface area contributed by atoms with Gasteiger partial charge in [0.1, 0.15) is 5.75 Å². The number of carbonyl (C=O) groups excluding carboxylic acids is 1. The first-order valence-electron chi connectivity index (χ1n) is 9.64. The number of ether oxygens (including phenoxy) is 3. The number of hydrogen-bond acceptors (Lipinski definition) is 4. The molecule has 0 aliphatic heterocycles. The summed E-state index contributed by atoms with van der Waals surface area (Å²) in [7, 11) is 3.16.